The number of carbonyl (C=O) groups excluding carboxylic acids is 1. The van der Waals surface area contributed by atoms with Crippen LogP contribution in [-0.4, -0.2) is 34.9 Å². The average Bonchev–Trinajstić information content (AvgIpc) is 2.88. The summed E-state index contributed by atoms with van der Waals surface area (Å²) in [7, 11) is 1.55. The summed E-state index contributed by atoms with van der Waals surface area (Å²) >= 11 is 1.18. The molecular weight excluding hydrogens is 460 g/mol. The molecular formula is C27H24N4O3S. The highest BCUT2D eigenvalue weighted by atomic mass is 32.2. The van der Waals surface area contributed by atoms with Gasteiger partial charge >= 0.3 is 0 Å². The highest BCUT2D eigenvalue weighted by Gasteiger charge is 2.20. The molecule has 0 fully saturated rings. The number of rotatable bonds is 8. The van der Waals surface area contributed by atoms with E-state index in [0.717, 1.165) is 11.3 Å². The molecule has 3 aromatic carbocycles. The smallest absolute Gasteiger partial charge is 0.266 e. The quantitative estimate of drug-likeness (QED) is 0.265. The summed E-state index contributed by atoms with van der Waals surface area (Å²) < 4.78 is 7.05. The van der Waals surface area contributed by atoms with Gasteiger partial charge in [0.1, 0.15) is 5.75 Å². The Bertz CT molecular complexity index is 1460. The van der Waals surface area contributed by atoms with Crippen molar-refractivity contribution in [3.05, 3.63) is 88.7 Å². The predicted molar refractivity (Wildman–Crippen MR) is 138 cm³/mol. The molecule has 7 nitrogen and oxygen atoms in total. The molecule has 8 heteroatoms. The summed E-state index contributed by atoms with van der Waals surface area (Å²) in [5.74, 6) is 0.392. The maximum absolute atomic E-state index is 13.6. The Balaban J connectivity index is 1.76. The predicted octanol–water partition coefficient (Wildman–Crippen LogP) is 4.74. The van der Waals surface area contributed by atoms with Gasteiger partial charge < -0.3 is 9.64 Å². The van der Waals surface area contributed by atoms with Crippen molar-refractivity contribution in [1.82, 2.24) is 9.55 Å². The van der Waals surface area contributed by atoms with Gasteiger partial charge in [-0.3, -0.25) is 14.2 Å². The lowest BCUT2D eigenvalue weighted by molar-refractivity contribution is -0.116. The number of benzene rings is 3. The molecule has 4 aromatic rings. The zero-order chi connectivity index (χ0) is 24.8. The number of hydrogen-bond acceptors (Lipinski definition) is 6. The van der Waals surface area contributed by atoms with E-state index in [1.807, 2.05) is 61.5 Å². The van der Waals surface area contributed by atoms with E-state index in [9.17, 15) is 9.59 Å². The maximum atomic E-state index is 13.6. The van der Waals surface area contributed by atoms with Crippen molar-refractivity contribution < 1.29 is 9.53 Å². The molecule has 1 aromatic heterocycles. The number of para-hydroxylation sites is 2. The third kappa shape index (κ3) is 5.20. The normalized spacial score (nSPS) is 10.7. The Kier molecular flexibility index (Phi) is 7.48. The number of anilines is 1. The molecule has 0 aliphatic heterocycles. The van der Waals surface area contributed by atoms with Crippen LogP contribution in [0.15, 0.2) is 82.7 Å². The number of nitriles is 1. The molecule has 0 unspecified atom stereocenters. The third-order valence-corrected chi connectivity index (χ3v) is 6.38. The number of nitrogens with zero attached hydrogens (tertiary/aromatic N) is 4. The number of aryl methyl sites for hydroxylation is 1. The van der Waals surface area contributed by atoms with Crippen LogP contribution in [0.25, 0.3) is 16.6 Å². The van der Waals surface area contributed by atoms with Crippen LogP contribution in [-0.2, 0) is 4.79 Å². The van der Waals surface area contributed by atoms with Gasteiger partial charge in [-0.2, -0.15) is 5.26 Å². The minimum Gasteiger partial charge on any atom is -0.495 e. The number of methoxy groups -OCH3 is 1. The van der Waals surface area contributed by atoms with E-state index in [2.05, 4.69) is 6.07 Å². The molecule has 0 spiro atoms. The Morgan fingerprint density at radius 1 is 1.11 bits per heavy atom. The molecule has 0 saturated heterocycles. The van der Waals surface area contributed by atoms with Gasteiger partial charge in [0.05, 0.1) is 41.9 Å². The molecule has 4 rings (SSSR count). The SMILES string of the molecule is COc1ccc(C)cc1-n1c(SCC(=O)N(CCC#N)c2ccccc2)nc2ccccc2c1=O. The molecule has 0 radical (unpaired) electrons. The lowest BCUT2D eigenvalue weighted by atomic mass is 10.2. The monoisotopic (exact) mass is 484 g/mol. The molecule has 1 amide bonds. The van der Waals surface area contributed by atoms with E-state index in [-0.39, 0.29) is 30.2 Å². The summed E-state index contributed by atoms with van der Waals surface area (Å²) in [4.78, 5) is 33.2. The number of fused-ring (bicyclic) bond motifs is 1. The summed E-state index contributed by atoms with van der Waals surface area (Å²) in [6.07, 6.45) is 0.213. The topological polar surface area (TPSA) is 88.2 Å². The van der Waals surface area contributed by atoms with Crippen LogP contribution in [0.2, 0.25) is 0 Å². The molecule has 0 aliphatic carbocycles. The van der Waals surface area contributed by atoms with Gasteiger partial charge in [0.2, 0.25) is 5.91 Å². The number of hydrogen-bond donors (Lipinski definition) is 0. The van der Waals surface area contributed by atoms with Crippen LogP contribution >= 0.6 is 11.8 Å². The molecule has 0 bridgehead atoms. The van der Waals surface area contributed by atoms with Crippen LogP contribution < -0.4 is 15.2 Å². The van der Waals surface area contributed by atoms with Crippen LogP contribution in [0.4, 0.5) is 5.69 Å². The fraction of sp³-hybridized carbons (Fsp3) is 0.185. The third-order valence-electron chi connectivity index (χ3n) is 5.46. The summed E-state index contributed by atoms with van der Waals surface area (Å²) in [5.41, 5.74) is 2.56. The standard InChI is InChI=1S/C27H24N4O3S/c1-19-13-14-24(34-2)23(17-19)31-26(33)21-11-6-7-12-22(21)29-27(31)35-18-25(32)30(16-8-15-28)20-9-4-3-5-10-20/h3-7,9-14,17H,8,16,18H2,1-2H3. The number of ether oxygens (including phenoxy) is 1. The number of amides is 1. The second kappa shape index (κ2) is 10.9. The van der Waals surface area contributed by atoms with Crippen molar-refractivity contribution in [3.63, 3.8) is 0 Å². The molecule has 176 valence electrons. The van der Waals surface area contributed by atoms with Crippen molar-refractivity contribution in [2.75, 3.05) is 24.3 Å². The Morgan fingerprint density at radius 3 is 2.60 bits per heavy atom. The van der Waals surface area contributed by atoms with Gasteiger partial charge in [0, 0.05) is 12.2 Å². The van der Waals surface area contributed by atoms with E-state index in [4.69, 9.17) is 15.0 Å². The van der Waals surface area contributed by atoms with Gasteiger partial charge in [0.15, 0.2) is 5.16 Å². The second-order valence-electron chi connectivity index (χ2n) is 7.81. The molecule has 35 heavy (non-hydrogen) atoms. The van der Waals surface area contributed by atoms with E-state index < -0.39 is 0 Å². The minimum absolute atomic E-state index is 0.0409. The summed E-state index contributed by atoms with van der Waals surface area (Å²) in [6.45, 7) is 2.22. The molecule has 0 N–H and O–H groups in total. The van der Waals surface area contributed by atoms with Crippen molar-refractivity contribution in [2.24, 2.45) is 0 Å². The lowest BCUT2D eigenvalue weighted by Gasteiger charge is -2.22. The van der Waals surface area contributed by atoms with Crippen molar-refractivity contribution >= 4 is 34.3 Å². The van der Waals surface area contributed by atoms with Crippen LogP contribution in [0.5, 0.6) is 5.75 Å². The molecule has 0 aliphatic rings. The number of aromatic nitrogens is 2. The van der Waals surface area contributed by atoms with E-state index >= 15 is 0 Å². The molecule has 0 saturated carbocycles. The Labute approximate surface area is 207 Å². The van der Waals surface area contributed by atoms with E-state index in [1.165, 1.54) is 16.3 Å². The zero-order valence-electron chi connectivity index (χ0n) is 19.5. The van der Waals surface area contributed by atoms with E-state index in [0.29, 0.717) is 27.5 Å². The van der Waals surface area contributed by atoms with Gasteiger partial charge in [-0.1, -0.05) is 48.2 Å². The molecule has 1 heterocycles. The first-order chi connectivity index (χ1) is 17.0. The van der Waals surface area contributed by atoms with Crippen LogP contribution in [0.1, 0.15) is 12.0 Å². The summed E-state index contributed by atoms with van der Waals surface area (Å²) in [5, 5.41) is 9.93. The first kappa shape index (κ1) is 24.0. The highest BCUT2D eigenvalue weighted by molar-refractivity contribution is 7.99. The minimum atomic E-state index is -0.237. The van der Waals surface area contributed by atoms with Gasteiger partial charge in [-0.15, -0.1) is 0 Å². The van der Waals surface area contributed by atoms with Gasteiger partial charge in [-0.05, 0) is 48.9 Å². The van der Waals surface area contributed by atoms with Crippen LogP contribution in [0, 0.1) is 18.3 Å². The molecule has 0 atom stereocenters. The first-order valence-corrected chi connectivity index (χ1v) is 12.0. The van der Waals surface area contributed by atoms with Crippen molar-refractivity contribution in [2.45, 2.75) is 18.5 Å². The summed E-state index contributed by atoms with van der Waals surface area (Å²) in [6, 6.07) is 24.1. The van der Waals surface area contributed by atoms with Crippen molar-refractivity contribution in [1.29, 1.82) is 5.26 Å². The van der Waals surface area contributed by atoms with E-state index in [1.54, 1.807) is 30.2 Å². The first-order valence-electron chi connectivity index (χ1n) is 11.1. The van der Waals surface area contributed by atoms with Crippen molar-refractivity contribution in [3.8, 4) is 17.5 Å². The van der Waals surface area contributed by atoms with Gasteiger partial charge in [-0.25, -0.2) is 4.98 Å². The number of thioether (sulfide) groups is 1. The average molecular weight is 485 g/mol. The highest BCUT2D eigenvalue weighted by Crippen LogP contribution is 2.28. The second-order valence-corrected chi connectivity index (χ2v) is 8.75. The number of carbonyl (C=O) groups is 1. The Morgan fingerprint density at radius 2 is 1.86 bits per heavy atom. The lowest BCUT2D eigenvalue weighted by Crippen LogP contribution is -2.33. The fourth-order valence-corrected chi connectivity index (χ4v) is 4.65. The van der Waals surface area contributed by atoms with Crippen LogP contribution in [0.3, 0.4) is 0 Å². The largest absolute Gasteiger partial charge is 0.495 e. The zero-order valence-corrected chi connectivity index (χ0v) is 20.3. The fourth-order valence-electron chi connectivity index (χ4n) is 3.77. The van der Waals surface area contributed by atoms with Gasteiger partial charge in [0.25, 0.3) is 5.56 Å². The Hall–Kier alpha value is -4.09. The maximum Gasteiger partial charge on any atom is 0.266 e.